The van der Waals surface area contributed by atoms with Crippen LogP contribution in [0.25, 0.3) is 0 Å². The molecule has 0 aromatic heterocycles. The summed E-state index contributed by atoms with van der Waals surface area (Å²) >= 11 is 0. The van der Waals surface area contributed by atoms with Gasteiger partial charge in [-0.3, -0.25) is 0 Å². The van der Waals surface area contributed by atoms with Crippen LogP contribution in [0.1, 0.15) is 91.0 Å². The lowest BCUT2D eigenvalue weighted by Crippen LogP contribution is -2.03. The van der Waals surface area contributed by atoms with Crippen LogP contribution in [0.5, 0.6) is 0 Å². The van der Waals surface area contributed by atoms with Crippen molar-refractivity contribution in [2.45, 2.75) is 81.3 Å². The van der Waals surface area contributed by atoms with Crippen molar-refractivity contribution in [2.75, 3.05) is 7.11 Å². The lowest BCUT2D eigenvalue weighted by molar-refractivity contribution is 0.119. The first-order valence-corrected chi connectivity index (χ1v) is 8.30. The number of rotatable bonds is 3. The van der Waals surface area contributed by atoms with E-state index in [1.54, 1.807) is 13.2 Å². The molecule has 0 N–H and O–H groups in total. The van der Waals surface area contributed by atoms with Gasteiger partial charge in [-0.25, -0.2) is 4.39 Å². The van der Waals surface area contributed by atoms with Gasteiger partial charge in [-0.05, 0) is 48.6 Å². The molecule has 0 aliphatic heterocycles. The fourth-order valence-electron chi connectivity index (χ4n) is 1.71. The van der Waals surface area contributed by atoms with Crippen LogP contribution in [0.2, 0.25) is 0 Å². The zero-order valence-corrected chi connectivity index (χ0v) is 16.1. The van der Waals surface area contributed by atoms with Crippen LogP contribution in [-0.2, 0) is 4.74 Å². The number of hydrogen-bond donors (Lipinski definition) is 0. The average molecular weight is 301 g/mol. The van der Waals surface area contributed by atoms with Gasteiger partial charge in [0.15, 0.2) is 0 Å². The third-order valence-corrected chi connectivity index (χ3v) is 2.80. The Labute approximate surface area is 132 Å². The van der Waals surface area contributed by atoms with Gasteiger partial charge in [-0.2, -0.15) is 0 Å². The molecule has 1 atom stereocenters. The number of halogens is 1. The van der Waals surface area contributed by atoms with Crippen molar-refractivity contribution in [3.8, 4) is 0 Å². The van der Waals surface area contributed by atoms with Crippen LogP contribution in [0.4, 0.5) is 4.39 Å². The summed E-state index contributed by atoms with van der Waals surface area (Å²) in [5.74, 6) is 0.0861. The van der Waals surface area contributed by atoms with Crippen molar-refractivity contribution in [3.63, 3.8) is 0 Å². The van der Waals surface area contributed by atoms with Gasteiger partial charge in [0, 0.05) is 7.11 Å². The molecule has 0 amide bonds. The first kappa shape index (κ1) is 25.1. The Kier molecular flexibility index (Phi) is 18.5. The average Bonchev–Trinajstić information content (AvgIpc) is 2.52. The quantitative estimate of drug-likeness (QED) is 0.581. The van der Waals surface area contributed by atoms with E-state index in [0.717, 1.165) is 16.7 Å². The molecular formula is C19H37FO. The topological polar surface area (TPSA) is 9.23 Å². The summed E-state index contributed by atoms with van der Waals surface area (Å²) in [6, 6.07) is 3.52. The van der Waals surface area contributed by atoms with Gasteiger partial charge in [-0.15, -0.1) is 0 Å². The van der Waals surface area contributed by atoms with Gasteiger partial charge < -0.3 is 4.74 Å². The number of hydrogen-bond acceptors (Lipinski definition) is 1. The fourth-order valence-corrected chi connectivity index (χ4v) is 1.71. The molecule has 1 aromatic rings. The molecule has 0 heterocycles. The predicted octanol–water partition coefficient (Wildman–Crippen LogP) is 7.04. The number of benzene rings is 1. The van der Waals surface area contributed by atoms with Gasteiger partial charge in [0.25, 0.3) is 0 Å². The molecule has 0 saturated heterocycles. The zero-order chi connectivity index (χ0) is 17.6. The second-order valence-electron chi connectivity index (χ2n) is 4.26. The monoisotopic (exact) mass is 300 g/mol. The van der Waals surface area contributed by atoms with Gasteiger partial charge in [0.1, 0.15) is 5.82 Å². The van der Waals surface area contributed by atoms with Gasteiger partial charge in [0.2, 0.25) is 0 Å². The minimum Gasteiger partial charge on any atom is -0.377 e. The van der Waals surface area contributed by atoms with Crippen molar-refractivity contribution in [1.82, 2.24) is 0 Å². The highest BCUT2D eigenvalue weighted by molar-refractivity contribution is 5.35. The third kappa shape index (κ3) is 8.87. The van der Waals surface area contributed by atoms with Crippen LogP contribution in [-0.4, -0.2) is 7.11 Å². The van der Waals surface area contributed by atoms with E-state index in [0.29, 0.717) is 0 Å². The highest BCUT2D eigenvalue weighted by Gasteiger charge is 2.13. The zero-order valence-electron chi connectivity index (χ0n) is 16.1. The Hall–Kier alpha value is -0.890. The van der Waals surface area contributed by atoms with E-state index < -0.39 is 0 Å². The second-order valence-corrected chi connectivity index (χ2v) is 4.26. The SMILES string of the molecule is CC.CC.CC.COC(C)c1cc(C(C)C)c(F)cc1C. The molecule has 0 radical (unpaired) electrons. The largest absolute Gasteiger partial charge is 0.377 e. The molecule has 0 aliphatic carbocycles. The van der Waals surface area contributed by atoms with Crippen molar-refractivity contribution in [2.24, 2.45) is 0 Å². The normalized spacial score (nSPS) is 10.3. The Bertz CT molecular complexity index is 346. The predicted molar refractivity (Wildman–Crippen MR) is 94.7 cm³/mol. The summed E-state index contributed by atoms with van der Waals surface area (Å²) in [7, 11) is 1.67. The molecule has 1 nitrogen and oxygen atoms in total. The molecule has 126 valence electrons. The highest BCUT2D eigenvalue weighted by Crippen LogP contribution is 2.27. The number of aryl methyl sites for hydroxylation is 1. The van der Waals surface area contributed by atoms with Gasteiger partial charge in [0.05, 0.1) is 6.10 Å². The van der Waals surface area contributed by atoms with Crippen molar-refractivity contribution in [1.29, 1.82) is 0 Å². The minimum atomic E-state index is -0.116. The van der Waals surface area contributed by atoms with Crippen LogP contribution >= 0.6 is 0 Å². The van der Waals surface area contributed by atoms with Crippen LogP contribution < -0.4 is 0 Å². The molecular weight excluding hydrogens is 263 g/mol. The molecule has 1 aromatic carbocycles. The Morgan fingerprint density at radius 2 is 1.29 bits per heavy atom. The van der Waals surface area contributed by atoms with E-state index in [1.807, 2.05) is 75.3 Å². The Balaban J connectivity index is -0.000000478. The molecule has 21 heavy (non-hydrogen) atoms. The summed E-state index contributed by atoms with van der Waals surface area (Å²) in [5, 5.41) is 0. The van der Waals surface area contributed by atoms with Crippen molar-refractivity contribution in [3.05, 3.63) is 34.6 Å². The van der Waals surface area contributed by atoms with Gasteiger partial charge >= 0.3 is 0 Å². The van der Waals surface area contributed by atoms with Crippen molar-refractivity contribution < 1.29 is 9.13 Å². The molecule has 1 unspecified atom stereocenters. The van der Waals surface area contributed by atoms with E-state index in [-0.39, 0.29) is 17.8 Å². The van der Waals surface area contributed by atoms with E-state index >= 15 is 0 Å². The maximum Gasteiger partial charge on any atom is 0.126 e. The molecule has 2 heteroatoms. The van der Waals surface area contributed by atoms with E-state index in [9.17, 15) is 4.39 Å². The molecule has 0 fully saturated rings. The first-order chi connectivity index (χ1) is 9.97. The maximum atomic E-state index is 13.6. The third-order valence-electron chi connectivity index (χ3n) is 2.80. The fraction of sp³-hybridized carbons (Fsp3) is 0.684. The van der Waals surface area contributed by atoms with E-state index in [2.05, 4.69) is 0 Å². The van der Waals surface area contributed by atoms with Crippen LogP contribution in [0.3, 0.4) is 0 Å². The molecule has 1 rings (SSSR count). The van der Waals surface area contributed by atoms with E-state index in [1.165, 1.54) is 0 Å². The number of ether oxygens (including phenoxy) is 1. The summed E-state index contributed by atoms with van der Waals surface area (Å²) in [6.07, 6.45) is 0.0168. The second kappa shape index (κ2) is 15.5. The van der Waals surface area contributed by atoms with Crippen LogP contribution in [0, 0.1) is 12.7 Å². The summed E-state index contributed by atoms with van der Waals surface area (Å²) < 4.78 is 18.9. The lowest BCUT2D eigenvalue weighted by Gasteiger charge is -2.16. The lowest BCUT2D eigenvalue weighted by atomic mass is 9.95. The number of methoxy groups -OCH3 is 1. The van der Waals surface area contributed by atoms with E-state index in [4.69, 9.17) is 4.74 Å². The summed E-state index contributed by atoms with van der Waals surface area (Å²) in [4.78, 5) is 0. The highest BCUT2D eigenvalue weighted by atomic mass is 19.1. The Morgan fingerprint density at radius 1 is 0.857 bits per heavy atom. The van der Waals surface area contributed by atoms with Gasteiger partial charge in [-0.1, -0.05) is 55.4 Å². The molecule has 0 aliphatic rings. The molecule has 0 spiro atoms. The Morgan fingerprint density at radius 3 is 1.62 bits per heavy atom. The van der Waals surface area contributed by atoms with Crippen LogP contribution in [0.15, 0.2) is 12.1 Å². The first-order valence-electron chi connectivity index (χ1n) is 8.30. The standard InChI is InChI=1S/C13H19FO.3C2H6/c1-8(2)11-7-12(10(4)15-5)9(3)6-13(11)14;3*1-2/h6-8,10H,1-5H3;3*1-2H3. The minimum absolute atomic E-state index is 0.0168. The molecule has 0 saturated carbocycles. The molecule has 0 bridgehead atoms. The maximum absolute atomic E-state index is 13.6. The smallest absolute Gasteiger partial charge is 0.126 e. The summed E-state index contributed by atoms with van der Waals surface area (Å²) in [5.41, 5.74) is 2.79. The summed E-state index contributed by atoms with van der Waals surface area (Å²) in [6.45, 7) is 19.9. The van der Waals surface area contributed by atoms with Crippen molar-refractivity contribution >= 4 is 0 Å².